The van der Waals surface area contributed by atoms with Crippen molar-refractivity contribution in [2.75, 3.05) is 13.2 Å². The lowest BCUT2D eigenvalue weighted by Gasteiger charge is -2.42. The molecule has 6 heteroatoms. The van der Waals surface area contributed by atoms with E-state index in [4.69, 9.17) is 9.47 Å². The number of benzene rings is 1. The van der Waals surface area contributed by atoms with Gasteiger partial charge in [-0.05, 0) is 44.0 Å². The van der Waals surface area contributed by atoms with E-state index in [0.29, 0.717) is 5.56 Å². The molecule has 0 spiro atoms. The number of carbonyl (C=O) groups excluding carboxylic acids is 2. The van der Waals surface area contributed by atoms with Crippen LogP contribution in [0.15, 0.2) is 18.2 Å². The number of amides is 1. The summed E-state index contributed by atoms with van der Waals surface area (Å²) in [5.41, 5.74) is 0.347. The number of esters is 1. The third-order valence-corrected chi connectivity index (χ3v) is 3.83. The molecule has 0 bridgehead atoms. The van der Waals surface area contributed by atoms with Gasteiger partial charge in [-0.1, -0.05) is 6.07 Å². The quantitative estimate of drug-likeness (QED) is 0.806. The zero-order valence-corrected chi connectivity index (χ0v) is 13.0. The van der Waals surface area contributed by atoms with Crippen molar-refractivity contribution in [2.45, 2.75) is 39.3 Å². The van der Waals surface area contributed by atoms with Crippen LogP contribution in [-0.2, 0) is 27.2 Å². The smallest absolute Gasteiger partial charge is 0.411 e. The summed E-state index contributed by atoms with van der Waals surface area (Å²) in [6.07, 6.45) is -0.340. The summed E-state index contributed by atoms with van der Waals surface area (Å²) < 4.78 is 23.6. The van der Waals surface area contributed by atoms with E-state index in [1.54, 1.807) is 26.8 Å². The summed E-state index contributed by atoms with van der Waals surface area (Å²) in [5.74, 6) is -0.861. The molecule has 1 aliphatic heterocycles. The molecule has 0 N–H and O–H groups in total. The molecule has 1 aromatic carbocycles. The molecule has 0 unspecified atom stereocenters. The van der Waals surface area contributed by atoms with Gasteiger partial charge < -0.3 is 9.47 Å². The number of hydrogen-bond acceptors (Lipinski definition) is 4. The van der Waals surface area contributed by atoms with E-state index in [0.717, 1.165) is 5.56 Å². The number of nitrogens with zero attached hydrogens (tertiary/aromatic N) is 1. The first-order valence-electron chi connectivity index (χ1n) is 7.31. The lowest BCUT2D eigenvalue weighted by atomic mass is 9.84. The third-order valence-electron chi connectivity index (χ3n) is 3.83. The molecule has 2 rings (SSSR count). The monoisotopic (exact) mass is 309 g/mol. The van der Waals surface area contributed by atoms with E-state index >= 15 is 0 Å². The molecule has 0 aromatic heterocycles. The van der Waals surface area contributed by atoms with Crippen molar-refractivity contribution in [2.24, 2.45) is 0 Å². The van der Waals surface area contributed by atoms with Gasteiger partial charge in [0.25, 0.3) is 0 Å². The van der Waals surface area contributed by atoms with Crippen LogP contribution >= 0.6 is 0 Å². The van der Waals surface area contributed by atoms with Gasteiger partial charge in [-0.15, -0.1) is 0 Å². The molecule has 0 fully saturated rings. The van der Waals surface area contributed by atoms with Gasteiger partial charge in [0.15, 0.2) is 0 Å². The van der Waals surface area contributed by atoms with Crippen molar-refractivity contribution < 1.29 is 23.5 Å². The normalized spacial score (nSPS) is 20.3. The van der Waals surface area contributed by atoms with Gasteiger partial charge in [0.2, 0.25) is 0 Å². The van der Waals surface area contributed by atoms with Crippen LogP contribution in [0.3, 0.4) is 0 Å². The van der Waals surface area contributed by atoms with E-state index < -0.39 is 17.6 Å². The highest BCUT2D eigenvalue weighted by molar-refractivity contribution is 5.86. The fraction of sp³-hybridized carbons (Fsp3) is 0.500. The molecular weight excluding hydrogens is 289 g/mol. The molecule has 120 valence electrons. The van der Waals surface area contributed by atoms with Crippen molar-refractivity contribution in [1.29, 1.82) is 0 Å². The molecule has 22 heavy (non-hydrogen) atoms. The van der Waals surface area contributed by atoms with Gasteiger partial charge in [0.1, 0.15) is 11.4 Å². The Balaban J connectivity index is 2.42. The summed E-state index contributed by atoms with van der Waals surface area (Å²) in [5, 5.41) is 0. The Morgan fingerprint density at radius 1 is 1.23 bits per heavy atom. The van der Waals surface area contributed by atoms with Gasteiger partial charge in [-0.2, -0.15) is 0 Å². The molecule has 0 radical (unpaired) electrons. The molecule has 1 amide bonds. The van der Waals surface area contributed by atoms with Gasteiger partial charge in [-0.3, -0.25) is 4.90 Å². The first-order valence-corrected chi connectivity index (χ1v) is 7.31. The van der Waals surface area contributed by atoms with Crippen LogP contribution in [0, 0.1) is 5.82 Å². The zero-order chi connectivity index (χ0) is 16.3. The molecule has 0 saturated carbocycles. The van der Waals surface area contributed by atoms with Crippen LogP contribution in [0.4, 0.5) is 9.18 Å². The van der Waals surface area contributed by atoms with Gasteiger partial charge in [0.05, 0.1) is 19.8 Å². The number of ether oxygens (including phenoxy) is 2. The summed E-state index contributed by atoms with van der Waals surface area (Å²) >= 11 is 0. The lowest BCUT2D eigenvalue weighted by Crippen LogP contribution is -2.59. The lowest BCUT2D eigenvalue weighted by molar-refractivity contribution is -0.156. The van der Waals surface area contributed by atoms with Crippen LogP contribution < -0.4 is 0 Å². The van der Waals surface area contributed by atoms with Gasteiger partial charge in [0, 0.05) is 6.42 Å². The summed E-state index contributed by atoms with van der Waals surface area (Å²) in [7, 11) is 0. The van der Waals surface area contributed by atoms with Crippen LogP contribution in [0.2, 0.25) is 0 Å². The topological polar surface area (TPSA) is 55.8 Å². The van der Waals surface area contributed by atoms with Crippen molar-refractivity contribution in [1.82, 2.24) is 4.90 Å². The van der Waals surface area contributed by atoms with Crippen molar-refractivity contribution in [3.05, 3.63) is 35.1 Å². The average Bonchev–Trinajstić information content (AvgIpc) is 2.47. The second kappa shape index (κ2) is 6.34. The molecule has 1 aliphatic rings. The maximum atomic E-state index is 13.4. The van der Waals surface area contributed by atoms with E-state index in [2.05, 4.69) is 0 Å². The fourth-order valence-corrected chi connectivity index (χ4v) is 2.66. The predicted molar refractivity (Wildman–Crippen MR) is 77.7 cm³/mol. The fourth-order valence-electron chi connectivity index (χ4n) is 2.66. The maximum absolute atomic E-state index is 13.4. The zero-order valence-electron chi connectivity index (χ0n) is 13.0. The molecule has 1 aromatic rings. The number of carbonyl (C=O) groups is 2. The van der Waals surface area contributed by atoms with Crippen LogP contribution in [-0.4, -0.2) is 35.7 Å². The molecule has 0 saturated heterocycles. The third kappa shape index (κ3) is 2.91. The van der Waals surface area contributed by atoms with Crippen molar-refractivity contribution in [3.63, 3.8) is 0 Å². The molecule has 1 heterocycles. The van der Waals surface area contributed by atoms with Crippen LogP contribution in [0.1, 0.15) is 31.9 Å². The Bertz CT molecular complexity index is 590. The minimum atomic E-state index is -1.16. The highest BCUT2D eigenvalue weighted by atomic mass is 19.1. The number of hydrogen-bond donors (Lipinski definition) is 0. The van der Waals surface area contributed by atoms with Crippen LogP contribution in [0.5, 0.6) is 0 Å². The summed E-state index contributed by atoms with van der Waals surface area (Å²) in [6.45, 7) is 5.58. The maximum Gasteiger partial charge on any atom is 0.411 e. The SMILES string of the molecule is CCOC(=O)N1Cc2cc(F)ccc2C[C@@]1(C)C(=O)OCC. The molecule has 5 nitrogen and oxygen atoms in total. The average molecular weight is 309 g/mol. The number of fused-ring (bicyclic) bond motifs is 1. The largest absolute Gasteiger partial charge is 0.464 e. The standard InChI is InChI=1S/C16H20FNO4/c1-4-21-14(19)16(3)9-11-6-7-13(17)8-12(11)10-18(16)15(20)22-5-2/h6-8H,4-5,9-10H2,1-3H3/t16-/m0/s1. The van der Waals surface area contributed by atoms with E-state index in [1.165, 1.54) is 17.0 Å². The molecular formula is C16H20FNO4. The Morgan fingerprint density at radius 2 is 1.91 bits per heavy atom. The summed E-state index contributed by atoms with van der Waals surface area (Å²) in [6, 6.07) is 4.38. The Kier molecular flexibility index (Phi) is 4.68. The second-order valence-electron chi connectivity index (χ2n) is 5.37. The highest BCUT2D eigenvalue weighted by Gasteiger charge is 2.47. The minimum Gasteiger partial charge on any atom is -0.464 e. The minimum absolute atomic E-state index is 0.112. The summed E-state index contributed by atoms with van der Waals surface area (Å²) in [4.78, 5) is 25.9. The van der Waals surface area contributed by atoms with E-state index in [9.17, 15) is 14.0 Å². The highest BCUT2D eigenvalue weighted by Crippen LogP contribution is 2.33. The van der Waals surface area contributed by atoms with Gasteiger partial charge >= 0.3 is 12.1 Å². The Hall–Kier alpha value is -2.11. The number of rotatable bonds is 3. The van der Waals surface area contributed by atoms with Crippen LogP contribution in [0.25, 0.3) is 0 Å². The first kappa shape index (κ1) is 16.3. The van der Waals surface area contributed by atoms with E-state index in [1.807, 2.05) is 0 Å². The first-order chi connectivity index (χ1) is 10.4. The molecule has 1 atom stereocenters. The van der Waals surface area contributed by atoms with Crippen molar-refractivity contribution in [3.8, 4) is 0 Å². The van der Waals surface area contributed by atoms with Gasteiger partial charge in [-0.25, -0.2) is 14.0 Å². The Labute approximate surface area is 129 Å². The predicted octanol–water partition coefficient (Wildman–Crippen LogP) is 2.66. The van der Waals surface area contributed by atoms with E-state index in [-0.39, 0.29) is 32.0 Å². The molecule has 0 aliphatic carbocycles. The van der Waals surface area contributed by atoms with Crippen molar-refractivity contribution >= 4 is 12.1 Å². The number of halogens is 1. The Morgan fingerprint density at radius 3 is 2.55 bits per heavy atom. The second-order valence-corrected chi connectivity index (χ2v) is 5.37.